The van der Waals surface area contributed by atoms with Gasteiger partial charge < -0.3 is 0 Å². The molecule has 2 aliphatic rings. The molecule has 4 amide bonds. The number of piperidine rings is 1. The summed E-state index contributed by atoms with van der Waals surface area (Å²) < 4.78 is 23.0. The van der Waals surface area contributed by atoms with Crippen LogP contribution >= 0.6 is 0 Å². The minimum atomic E-state index is -2.69. The molecule has 0 spiro atoms. The van der Waals surface area contributed by atoms with E-state index in [2.05, 4.69) is 0 Å². The summed E-state index contributed by atoms with van der Waals surface area (Å²) >= 11 is 0. The quantitative estimate of drug-likeness (QED) is 0.726. The van der Waals surface area contributed by atoms with Crippen molar-refractivity contribution in [1.82, 2.24) is 10.2 Å². The first-order valence-electron chi connectivity index (χ1n) is 7.09. The average Bonchev–Trinajstić information content (AvgIpc) is 2.72. The standard InChI is InChI=1S/C13H10N2O4/c16-10-6-5-9(11(17)14-10)15-12(18)7-3-1-2-4-8(7)13(15)19/h1-4,9H,5-6H2,(H,14,16,17)/i5D,6D2. The van der Waals surface area contributed by atoms with Crippen LogP contribution in [-0.2, 0) is 9.59 Å². The van der Waals surface area contributed by atoms with Gasteiger partial charge in [0, 0.05) is 10.5 Å². The maximum Gasteiger partial charge on any atom is 0.262 e. The maximum absolute atomic E-state index is 12.3. The van der Waals surface area contributed by atoms with Gasteiger partial charge in [0.25, 0.3) is 11.8 Å². The van der Waals surface area contributed by atoms with E-state index in [-0.39, 0.29) is 11.1 Å². The Kier molecular flexibility index (Phi) is 1.81. The summed E-state index contributed by atoms with van der Waals surface area (Å²) in [7, 11) is 0. The molecule has 2 unspecified atom stereocenters. The molecule has 3 rings (SSSR count). The molecule has 0 radical (unpaired) electrons. The first kappa shape index (κ1) is 8.58. The molecule has 6 heteroatoms. The van der Waals surface area contributed by atoms with Gasteiger partial charge in [-0.2, -0.15) is 0 Å². The number of benzene rings is 1. The minimum Gasteiger partial charge on any atom is -0.295 e. The van der Waals surface area contributed by atoms with Crippen molar-refractivity contribution in [3.05, 3.63) is 35.4 Å². The van der Waals surface area contributed by atoms with Crippen molar-refractivity contribution in [1.29, 1.82) is 0 Å². The van der Waals surface area contributed by atoms with E-state index in [4.69, 9.17) is 4.11 Å². The Morgan fingerprint density at radius 1 is 1.11 bits per heavy atom. The molecule has 19 heavy (non-hydrogen) atoms. The molecule has 2 heterocycles. The molecule has 2 aliphatic heterocycles. The van der Waals surface area contributed by atoms with Crippen molar-refractivity contribution >= 4 is 23.6 Å². The third-order valence-electron chi connectivity index (χ3n) is 2.98. The number of carbonyl (C=O) groups is 4. The van der Waals surface area contributed by atoms with E-state index in [1.807, 2.05) is 0 Å². The van der Waals surface area contributed by atoms with Gasteiger partial charge >= 0.3 is 0 Å². The summed E-state index contributed by atoms with van der Waals surface area (Å²) in [6, 6.07) is 4.23. The van der Waals surface area contributed by atoms with Gasteiger partial charge in [0.2, 0.25) is 11.8 Å². The van der Waals surface area contributed by atoms with Crippen LogP contribution in [0.25, 0.3) is 0 Å². The van der Waals surface area contributed by atoms with Gasteiger partial charge in [-0.1, -0.05) is 12.1 Å². The Balaban J connectivity index is 2.05. The molecule has 1 aromatic rings. The molecule has 2 atom stereocenters. The number of rotatable bonds is 1. The predicted octanol–water partition coefficient (Wildman–Crippen LogP) is 0.0878. The van der Waals surface area contributed by atoms with Crippen molar-refractivity contribution in [2.24, 2.45) is 0 Å². The third-order valence-corrected chi connectivity index (χ3v) is 2.98. The molecule has 1 aromatic carbocycles. The van der Waals surface area contributed by atoms with Gasteiger partial charge in [-0.05, 0) is 18.5 Å². The highest BCUT2D eigenvalue weighted by Crippen LogP contribution is 2.26. The first-order chi connectivity index (χ1) is 10.3. The molecule has 6 nitrogen and oxygen atoms in total. The fourth-order valence-electron chi connectivity index (χ4n) is 2.10. The van der Waals surface area contributed by atoms with E-state index >= 15 is 0 Å². The maximum atomic E-state index is 12.3. The van der Waals surface area contributed by atoms with E-state index in [0.29, 0.717) is 4.90 Å². The molecule has 96 valence electrons. The van der Waals surface area contributed by atoms with Gasteiger partial charge in [-0.25, -0.2) is 0 Å². The van der Waals surface area contributed by atoms with Crippen LogP contribution in [0.5, 0.6) is 0 Å². The largest absolute Gasteiger partial charge is 0.295 e. The number of hydrogen-bond acceptors (Lipinski definition) is 4. The fourth-order valence-corrected chi connectivity index (χ4v) is 2.10. The molecule has 0 aromatic heterocycles. The molecule has 1 saturated heterocycles. The van der Waals surface area contributed by atoms with Crippen LogP contribution in [0.4, 0.5) is 0 Å². The summed E-state index contributed by atoms with van der Waals surface area (Å²) in [4.78, 5) is 48.6. The zero-order valence-corrected chi connectivity index (χ0v) is 9.54. The second-order valence-corrected chi connectivity index (χ2v) is 4.10. The number of hydrogen-bond donors (Lipinski definition) is 1. The average molecular weight is 261 g/mol. The zero-order valence-electron chi connectivity index (χ0n) is 12.5. The lowest BCUT2D eigenvalue weighted by Gasteiger charge is -2.27. The van der Waals surface area contributed by atoms with E-state index in [1.54, 1.807) is 17.4 Å². The van der Waals surface area contributed by atoms with Crippen LogP contribution in [-0.4, -0.2) is 34.6 Å². The SMILES string of the molecule is [2H]C1C(N2C(=O)c3ccccc3C2=O)C(=O)NC(=O)C1([2H])[2H]. The Morgan fingerprint density at radius 2 is 1.68 bits per heavy atom. The van der Waals surface area contributed by atoms with E-state index in [9.17, 15) is 19.2 Å². The number of fused-ring (bicyclic) bond motifs is 1. The molecule has 0 saturated carbocycles. The topological polar surface area (TPSA) is 83.6 Å². The first-order valence-corrected chi connectivity index (χ1v) is 5.51. The van der Waals surface area contributed by atoms with Crippen molar-refractivity contribution in [2.45, 2.75) is 18.8 Å². The van der Waals surface area contributed by atoms with Crippen molar-refractivity contribution < 1.29 is 23.3 Å². The van der Waals surface area contributed by atoms with Crippen molar-refractivity contribution in [3.63, 3.8) is 0 Å². The molecular weight excluding hydrogens is 248 g/mol. The van der Waals surface area contributed by atoms with Crippen molar-refractivity contribution in [2.75, 3.05) is 0 Å². The summed E-state index contributed by atoms with van der Waals surface area (Å²) in [5.74, 6) is -3.83. The van der Waals surface area contributed by atoms with E-state index in [1.165, 1.54) is 12.1 Å². The van der Waals surface area contributed by atoms with Crippen LogP contribution in [0.1, 0.15) is 37.6 Å². The van der Waals surface area contributed by atoms with Gasteiger partial charge in [-0.15, -0.1) is 0 Å². The van der Waals surface area contributed by atoms with Crippen LogP contribution < -0.4 is 5.32 Å². The lowest BCUT2D eigenvalue weighted by molar-refractivity contribution is -0.136. The smallest absolute Gasteiger partial charge is 0.262 e. The Morgan fingerprint density at radius 3 is 2.26 bits per heavy atom. The molecule has 1 N–H and O–H groups in total. The van der Waals surface area contributed by atoms with Crippen LogP contribution in [0.15, 0.2) is 24.3 Å². The molecule has 0 aliphatic carbocycles. The molecule has 1 fully saturated rings. The minimum absolute atomic E-state index is 0.0879. The number of amides is 4. The summed E-state index contributed by atoms with van der Waals surface area (Å²) in [6.45, 7) is 0. The van der Waals surface area contributed by atoms with Crippen molar-refractivity contribution in [3.8, 4) is 0 Å². The number of nitrogens with one attached hydrogen (secondary N) is 1. The number of imide groups is 2. The Hall–Kier alpha value is -2.50. The van der Waals surface area contributed by atoms with Gasteiger partial charge in [-0.3, -0.25) is 29.4 Å². The van der Waals surface area contributed by atoms with Crippen LogP contribution in [0.2, 0.25) is 0 Å². The highest BCUT2D eigenvalue weighted by atomic mass is 16.2. The fraction of sp³-hybridized carbons (Fsp3) is 0.231. The van der Waals surface area contributed by atoms with E-state index < -0.39 is 42.4 Å². The number of nitrogens with zero attached hydrogens (tertiary/aromatic N) is 1. The van der Waals surface area contributed by atoms with E-state index in [0.717, 1.165) is 0 Å². The lowest BCUT2D eigenvalue weighted by atomic mass is 10.0. The monoisotopic (exact) mass is 261 g/mol. The predicted molar refractivity (Wildman–Crippen MR) is 63.1 cm³/mol. The highest BCUT2D eigenvalue weighted by Gasteiger charge is 2.44. The highest BCUT2D eigenvalue weighted by molar-refractivity contribution is 6.23. The van der Waals surface area contributed by atoms with Gasteiger partial charge in [0.05, 0.1) is 11.1 Å². The Labute approximate surface area is 112 Å². The lowest BCUT2D eigenvalue weighted by Crippen LogP contribution is -2.54. The van der Waals surface area contributed by atoms with Gasteiger partial charge in [0.15, 0.2) is 0 Å². The summed E-state index contributed by atoms with van der Waals surface area (Å²) in [5, 5.41) is 1.78. The Bertz CT molecular complexity index is 699. The summed E-state index contributed by atoms with van der Waals surface area (Å²) in [5.41, 5.74) is 0.176. The molecule has 0 bridgehead atoms. The zero-order chi connectivity index (χ0) is 16.2. The van der Waals surface area contributed by atoms with Gasteiger partial charge in [0.1, 0.15) is 6.04 Å². The normalized spacial score (nSPS) is 31.4. The molecular formula is C13H10N2O4. The van der Waals surface area contributed by atoms with Crippen LogP contribution in [0, 0.1) is 0 Å². The third kappa shape index (κ3) is 1.64. The second-order valence-electron chi connectivity index (χ2n) is 4.10. The summed E-state index contributed by atoms with van der Waals surface area (Å²) in [6.07, 6.45) is -4.58. The van der Waals surface area contributed by atoms with Crippen LogP contribution in [0.3, 0.4) is 0 Å². The number of carbonyl (C=O) groups excluding carboxylic acids is 4. The second kappa shape index (κ2) is 4.01.